The van der Waals surface area contributed by atoms with E-state index in [4.69, 9.17) is 0 Å². The number of aliphatic hydroxyl groups excluding tert-OH is 1. The van der Waals surface area contributed by atoms with Gasteiger partial charge in [0.15, 0.2) is 0 Å². The Labute approximate surface area is 161 Å². The van der Waals surface area contributed by atoms with Crippen LogP contribution in [0.4, 0.5) is 30.6 Å². The number of nitrogens with one attached hydrogen (secondary N) is 2. The Kier molecular flexibility index (Phi) is 6.50. The fraction of sp³-hybridized carbons (Fsp3) is 0.500. The molecule has 0 aliphatic carbocycles. The molecule has 0 amide bonds. The second kappa shape index (κ2) is 9.05. The summed E-state index contributed by atoms with van der Waals surface area (Å²) in [4.78, 5) is 14.3. The number of hydrogen-bond acceptors (Lipinski definition) is 7. The molecule has 3 N–H and O–H groups in total. The summed E-state index contributed by atoms with van der Waals surface area (Å²) in [5, 5.41) is 15.1. The molecule has 0 saturated carbocycles. The number of hydrogen-bond donors (Lipinski definition) is 3. The molecule has 3 heterocycles. The van der Waals surface area contributed by atoms with E-state index < -0.39 is 11.7 Å². The lowest BCUT2D eigenvalue weighted by Crippen LogP contribution is -2.37. The maximum absolute atomic E-state index is 13.0. The quantitative estimate of drug-likeness (QED) is 0.620. The molecule has 0 bridgehead atoms. The van der Waals surface area contributed by atoms with Gasteiger partial charge in [0.05, 0.1) is 5.56 Å². The summed E-state index contributed by atoms with van der Waals surface area (Å²) in [6.45, 7) is 2.38. The van der Waals surface area contributed by atoms with Crippen molar-refractivity contribution in [2.24, 2.45) is 5.92 Å². The zero-order valence-corrected chi connectivity index (χ0v) is 15.3. The Hall–Kier alpha value is -2.62. The molecule has 2 aromatic heterocycles. The summed E-state index contributed by atoms with van der Waals surface area (Å²) >= 11 is 0. The Morgan fingerprint density at radius 2 is 2.00 bits per heavy atom. The van der Waals surface area contributed by atoms with Gasteiger partial charge in [-0.2, -0.15) is 13.2 Å². The maximum Gasteiger partial charge on any atom is 0.419 e. The number of aromatic nitrogens is 3. The van der Waals surface area contributed by atoms with Gasteiger partial charge in [0.25, 0.3) is 0 Å². The molecule has 0 spiro atoms. The number of halogens is 3. The number of anilines is 3. The first-order chi connectivity index (χ1) is 13.5. The fourth-order valence-electron chi connectivity index (χ4n) is 3.19. The molecule has 1 aliphatic heterocycles. The summed E-state index contributed by atoms with van der Waals surface area (Å²) in [6.07, 6.45) is 0.316. The van der Waals surface area contributed by atoms with E-state index in [0.29, 0.717) is 12.4 Å². The minimum absolute atomic E-state index is 0.159. The standard InChI is InChI=1S/C18H23F3N6O/c19-18(20,21)14-4-1-5-23-17(14)24-7-6-22-15-9-16(26-12-25-15)27-8-2-3-13(10-27)11-28/h1,4-5,9,12-13,28H,2-3,6-8,10-11H2,(H,23,24)(H,22,25,26). The molecule has 1 fully saturated rings. The van der Waals surface area contributed by atoms with Crippen molar-refractivity contribution < 1.29 is 18.3 Å². The van der Waals surface area contributed by atoms with Gasteiger partial charge in [0.1, 0.15) is 23.8 Å². The summed E-state index contributed by atoms with van der Waals surface area (Å²) in [5.41, 5.74) is -0.789. The first-order valence-electron chi connectivity index (χ1n) is 9.15. The van der Waals surface area contributed by atoms with Gasteiger partial charge >= 0.3 is 6.18 Å². The van der Waals surface area contributed by atoms with Gasteiger partial charge in [-0.1, -0.05) is 0 Å². The van der Waals surface area contributed by atoms with E-state index in [1.54, 1.807) is 0 Å². The first-order valence-corrected chi connectivity index (χ1v) is 9.15. The van der Waals surface area contributed by atoms with Crippen LogP contribution >= 0.6 is 0 Å². The summed E-state index contributed by atoms with van der Waals surface area (Å²) in [6, 6.07) is 4.07. The van der Waals surface area contributed by atoms with Crippen molar-refractivity contribution in [3.05, 3.63) is 36.3 Å². The number of rotatable bonds is 7. The molecule has 0 radical (unpaired) electrons. The van der Waals surface area contributed by atoms with Crippen LogP contribution in [-0.4, -0.2) is 52.8 Å². The maximum atomic E-state index is 13.0. The normalized spacial score (nSPS) is 17.4. The van der Waals surface area contributed by atoms with Crippen molar-refractivity contribution in [2.75, 3.05) is 48.3 Å². The van der Waals surface area contributed by atoms with Crippen LogP contribution in [0.2, 0.25) is 0 Å². The summed E-state index contributed by atoms with van der Waals surface area (Å²) in [7, 11) is 0. The molecule has 152 valence electrons. The predicted molar refractivity (Wildman–Crippen MR) is 100 cm³/mol. The van der Waals surface area contributed by atoms with E-state index in [0.717, 1.165) is 37.8 Å². The zero-order chi connectivity index (χ0) is 20.0. The van der Waals surface area contributed by atoms with E-state index in [1.165, 1.54) is 18.6 Å². The zero-order valence-electron chi connectivity index (χ0n) is 15.3. The average Bonchev–Trinajstić information content (AvgIpc) is 2.71. The minimum atomic E-state index is -4.45. The molecular weight excluding hydrogens is 373 g/mol. The fourth-order valence-corrected chi connectivity index (χ4v) is 3.19. The third kappa shape index (κ3) is 5.22. The monoisotopic (exact) mass is 396 g/mol. The smallest absolute Gasteiger partial charge is 0.396 e. The molecule has 0 aromatic carbocycles. The predicted octanol–water partition coefficient (Wildman–Crippen LogP) is 2.62. The van der Waals surface area contributed by atoms with Crippen LogP contribution < -0.4 is 15.5 Å². The lowest BCUT2D eigenvalue weighted by Gasteiger charge is -2.32. The van der Waals surface area contributed by atoms with Gasteiger partial charge < -0.3 is 20.6 Å². The highest BCUT2D eigenvalue weighted by Gasteiger charge is 2.33. The third-order valence-electron chi connectivity index (χ3n) is 4.59. The second-order valence-corrected chi connectivity index (χ2v) is 6.65. The van der Waals surface area contributed by atoms with Crippen LogP contribution in [0.15, 0.2) is 30.7 Å². The van der Waals surface area contributed by atoms with E-state index >= 15 is 0 Å². The van der Waals surface area contributed by atoms with Gasteiger partial charge in [-0.15, -0.1) is 0 Å². The molecule has 1 aliphatic rings. The van der Waals surface area contributed by atoms with Gasteiger partial charge in [0.2, 0.25) is 0 Å². The van der Waals surface area contributed by atoms with E-state index in [9.17, 15) is 18.3 Å². The molecule has 1 unspecified atom stereocenters. The largest absolute Gasteiger partial charge is 0.419 e. The molecular formula is C18H23F3N6O. The molecule has 7 nitrogen and oxygen atoms in total. The number of alkyl halides is 3. The van der Waals surface area contributed by atoms with E-state index in [1.807, 2.05) is 6.07 Å². The Morgan fingerprint density at radius 3 is 2.79 bits per heavy atom. The number of nitrogens with zero attached hydrogens (tertiary/aromatic N) is 4. The average molecular weight is 396 g/mol. The van der Waals surface area contributed by atoms with Crippen LogP contribution in [0.5, 0.6) is 0 Å². The Balaban J connectivity index is 1.54. The second-order valence-electron chi connectivity index (χ2n) is 6.65. The van der Waals surface area contributed by atoms with E-state index in [-0.39, 0.29) is 24.9 Å². The molecule has 10 heteroatoms. The van der Waals surface area contributed by atoms with Crippen molar-refractivity contribution in [1.29, 1.82) is 0 Å². The Bertz CT molecular complexity index is 773. The van der Waals surface area contributed by atoms with Crippen LogP contribution in [0.25, 0.3) is 0 Å². The van der Waals surface area contributed by atoms with Gasteiger partial charge in [-0.05, 0) is 30.9 Å². The minimum Gasteiger partial charge on any atom is -0.396 e. The van der Waals surface area contributed by atoms with Gasteiger partial charge in [-0.25, -0.2) is 15.0 Å². The van der Waals surface area contributed by atoms with Crippen LogP contribution in [0, 0.1) is 5.92 Å². The van der Waals surface area contributed by atoms with Crippen LogP contribution in [0.3, 0.4) is 0 Å². The molecule has 2 aromatic rings. The van der Waals surface area contributed by atoms with Crippen LogP contribution in [0.1, 0.15) is 18.4 Å². The first kappa shape index (κ1) is 20.1. The number of aliphatic hydroxyl groups is 1. The summed E-state index contributed by atoms with van der Waals surface area (Å²) in [5.74, 6) is 1.41. The highest BCUT2D eigenvalue weighted by atomic mass is 19.4. The Morgan fingerprint density at radius 1 is 1.18 bits per heavy atom. The molecule has 1 atom stereocenters. The van der Waals surface area contributed by atoms with E-state index in [2.05, 4.69) is 30.5 Å². The van der Waals surface area contributed by atoms with Crippen molar-refractivity contribution >= 4 is 17.5 Å². The SMILES string of the molecule is OCC1CCCN(c2cc(NCCNc3ncccc3C(F)(F)F)ncn2)C1. The van der Waals surface area contributed by atoms with Gasteiger partial charge in [-0.3, -0.25) is 0 Å². The van der Waals surface area contributed by atoms with Crippen molar-refractivity contribution in [3.8, 4) is 0 Å². The van der Waals surface area contributed by atoms with Crippen LogP contribution in [-0.2, 0) is 6.18 Å². The lowest BCUT2D eigenvalue weighted by molar-refractivity contribution is -0.137. The molecule has 28 heavy (non-hydrogen) atoms. The molecule has 3 rings (SSSR count). The van der Waals surface area contributed by atoms with Crippen molar-refractivity contribution in [1.82, 2.24) is 15.0 Å². The highest BCUT2D eigenvalue weighted by molar-refractivity contribution is 5.49. The topological polar surface area (TPSA) is 86.2 Å². The lowest BCUT2D eigenvalue weighted by atomic mass is 9.99. The summed E-state index contributed by atoms with van der Waals surface area (Å²) < 4.78 is 38.9. The third-order valence-corrected chi connectivity index (χ3v) is 4.59. The highest BCUT2D eigenvalue weighted by Crippen LogP contribution is 2.33. The molecule has 1 saturated heterocycles. The number of piperidine rings is 1. The van der Waals surface area contributed by atoms with Gasteiger partial charge in [0, 0.05) is 45.0 Å². The van der Waals surface area contributed by atoms with Crippen molar-refractivity contribution in [3.63, 3.8) is 0 Å². The van der Waals surface area contributed by atoms with Crippen molar-refractivity contribution in [2.45, 2.75) is 19.0 Å². The number of pyridine rings is 1.